The van der Waals surface area contributed by atoms with Crippen LogP contribution in [0.25, 0.3) is 0 Å². The third kappa shape index (κ3) is 2.13. The van der Waals surface area contributed by atoms with Gasteiger partial charge in [0.05, 0.1) is 13.2 Å². The van der Waals surface area contributed by atoms with Crippen molar-refractivity contribution >= 4 is 0 Å². The predicted octanol–water partition coefficient (Wildman–Crippen LogP) is 1.24. The fourth-order valence-electron chi connectivity index (χ4n) is 3.81. The van der Waals surface area contributed by atoms with Gasteiger partial charge in [0.1, 0.15) is 0 Å². The maximum atomic E-state index is 5.77. The van der Waals surface area contributed by atoms with Gasteiger partial charge in [-0.25, -0.2) is 0 Å². The fraction of sp³-hybridized carbons (Fsp3) is 1.00. The molecule has 16 heavy (non-hydrogen) atoms. The van der Waals surface area contributed by atoms with E-state index in [1.807, 2.05) is 0 Å². The monoisotopic (exact) mass is 224 g/mol. The molecule has 1 aliphatic carbocycles. The molecule has 0 spiro atoms. The second-order valence-corrected chi connectivity index (χ2v) is 5.55. The first-order chi connectivity index (χ1) is 7.95. The maximum absolute atomic E-state index is 5.77. The minimum atomic E-state index is 0.827. The Balaban J connectivity index is 1.70. The van der Waals surface area contributed by atoms with Gasteiger partial charge in [-0.15, -0.1) is 0 Å². The van der Waals surface area contributed by atoms with Crippen LogP contribution in [0.5, 0.6) is 0 Å². The van der Waals surface area contributed by atoms with E-state index in [1.54, 1.807) is 0 Å². The highest BCUT2D eigenvalue weighted by Gasteiger charge is 2.37. The molecule has 2 aliphatic heterocycles. The highest BCUT2D eigenvalue weighted by Crippen LogP contribution is 2.34. The molecule has 0 amide bonds. The third-order valence-electron chi connectivity index (χ3n) is 4.65. The summed E-state index contributed by atoms with van der Waals surface area (Å²) >= 11 is 0. The number of ether oxygens (including phenoxy) is 1. The van der Waals surface area contributed by atoms with Crippen LogP contribution in [0.4, 0.5) is 0 Å². The van der Waals surface area contributed by atoms with Crippen LogP contribution < -0.4 is 5.32 Å². The number of hydrogen-bond acceptors (Lipinski definition) is 3. The van der Waals surface area contributed by atoms with Crippen molar-refractivity contribution in [2.24, 2.45) is 5.92 Å². The molecule has 2 saturated heterocycles. The minimum Gasteiger partial charge on any atom is -0.380 e. The first kappa shape index (κ1) is 11.0. The Morgan fingerprint density at radius 3 is 2.81 bits per heavy atom. The molecule has 0 radical (unpaired) electrons. The zero-order chi connectivity index (χ0) is 10.8. The predicted molar refractivity (Wildman–Crippen MR) is 64.5 cm³/mol. The summed E-state index contributed by atoms with van der Waals surface area (Å²) in [7, 11) is 0. The lowest BCUT2D eigenvalue weighted by atomic mass is 9.97. The number of piperidine rings is 1. The lowest BCUT2D eigenvalue weighted by Gasteiger charge is -2.39. The van der Waals surface area contributed by atoms with Gasteiger partial charge in [0.15, 0.2) is 0 Å². The van der Waals surface area contributed by atoms with E-state index in [0.29, 0.717) is 0 Å². The van der Waals surface area contributed by atoms with Crippen LogP contribution >= 0.6 is 0 Å². The maximum Gasteiger partial charge on any atom is 0.0593 e. The lowest BCUT2D eigenvalue weighted by Crippen LogP contribution is -2.49. The average Bonchev–Trinajstić information content (AvgIpc) is 2.70. The number of nitrogens with one attached hydrogen (secondary N) is 1. The molecule has 3 nitrogen and oxygen atoms in total. The summed E-state index contributed by atoms with van der Waals surface area (Å²) < 4.78 is 5.77. The van der Waals surface area contributed by atoms with Crippen LogP contribution in [-0.2, 0) is 4.74 Å². The van der Waals surface area contributed by atoms with E-state index < -0.39 is 0 Å². The van der Waals surface area contributed by atoms with E-state index in [-0.39, 0.29) is 0 Å². The van der Waals surface area contributed by atoms with Crippen molar-refractivity contribution in [3.63, 3.8) is 0 Å². The van der Waals surface area contributed by atoms with Gasteiger partial charge in [-0.05, 0) is 44.7 Å². The van der Waals surface area contributed by atoms with Crippen molar-refractivity contribution in [2.45, 2.75) is 44.2 Å². The number of rotatable bonds is 1. The smallest absolute Gasteiger partial charge is 0.0593 e. The van der Waals surface area contributed by atoms with Crippen molar-refractivity contribution in [3.05, 3.63) is 0 Å². The Hall–Kier alpha value is -0.120. The van der Waals surface area contributed by atoms with Crippen molar-refractivity contribution in [1.29, 1.82) is 0 Å². The number of nitrogens with zero attached hydrogens (tertiary/aromatic N) is 1. The van der Waals surface area contributed by atoms with Gasteiger partial charge in [0.2, 0.25) is 0 Å². The van der Waals surface area contributed by atoms with Gasteiger partial charge < -0.3 is 10.1 Å². The summed E-state index contributed by atoms with van der Waals surface area (Å²) in [5.74, 6) is 0.831. The molecule has 2 atom stereocenters. The molecule has 3 fully saturated rings. The van der Waals surface area contributed by atoms with Crippen molar-refractivity contribution in [2.75, 3.05) is 32.8 Å². The molecule has 0 unspecified atom stereocenters. The minimum absolute atomic E-state index is 0.827. The number of hydrogen-bond donors (Lipinski definition) is 1. The molecule has 0 aromatic heterocycles. The van der Waals surface area contributed by atoms with Crippen LogP contribution in [0.2, 0.25) is 0 Å². The zero-order valence-electron chi connectivity index (χ0n) is 10.2. The van der Waals surface area contributed by atoms with Gasteiger partial charge in [-0.1, -0.05) is 6.42 Å². The summed E-state index contributed by atoms with van der Waals surface area (Å²) in [6, 6.07) is 1.67. The van der Waals surface area contributed by atoms with E-state index in [4.69, 9.17) is 4.74 Å². The van der Waals surface area contributed by atoms with Crippen LogP contribution in [-0.4, -0.2) is 49.8 Å². The van der Waals surface area contributed by atoms with Crippen LogP contribution in [0.1, 0.15) is 32.1 Å². The molecule has 0 bridgehead atoms. The molecule has 3 heteroatoms. The first-order valence-corrected chi connectivity index (χ1v) is 6.99. The second-order valence-electron chi connectivity index (χ2n) is 5.55. The lowest BCUT2D eigenvalue weighted by molar-refractivity contribution is 0.0990. The quantitative estimate of drug-likeness (QED) is 0.725. The molecule has 1 N–H and O–H groups in total. The SMILES string of the molecule is C1C[C@H]2COCCN(C3CCNCC3)[C@@H]2C1. The Labute approximate surface area is 98.5 Å². The molecule has 0 aromatic rings. The van der Waals surface area contributed by atoms with Gasteiger partial charge in [-0.2, -0.15) is 0 Å². The van der Waals surface area contributed by atoms with E-state index in [1.165, 1.54) is 51.7 Å². The summed E-state index contributed by atoms with van der Waals surface area (Å²) in [4.78, 5) is 2.80. The Morgan fingerprint density at radius 1 is 1.06 bits per heavy atom. The van der Waals surface area contributed by atoms with Gasteiger partial charge >= 0.3 is 0 Å². The third-order valence-corrected chi connectivity index (χ3v) is 4.65. The number of fused-ring (bicyclic) bond motifs is 1. The average molecular weight is 224 g/mol. The molecular weight excluding hydrogens is 200 g/mol. The van der Waals surface area contributed by atoms with Gasteiger partial charge in [0.25, 0.3) is 0 Å². The summed E-state index contributed by atoms with van der Waals surface area (Å²) in [6.45, 7) is 5.56. The summed E-state index contributed by atoms with van der Waals surface area (Å²) in [6.07, 6.45) is 6.90. The molecule has 2 heterocycles. The fourth-order valence-corrected chi connectivity index (χ4v) is 3.81. The Kier molecular flexibility index (Phi) is 3.46. The van der Waals surface area contributed by atoms with Crippen molar-refractivity contribution in [3.8, 4) is 0 Å². The van der Waals surface area contributed by atoms with E-state index >= 15 is 0 Å². The molecule has 3 rings (SSSR count). The van der Waals surface area contributed by atoms with E-state index in [2.05, 4.69) is 10.2 Å². The van der Waals surface area contributed by atoms with Gasteiger partial charge in [-0.3, -0.25) is 4.90 Å². The highest BCUT2D eigenvalue weighted by molar-refractivity contribution is 4.91. The van der Waals surface area contributed by atoms with Crippen LogP contribution in [0.15, 0.2) is 0 Å². The molecule has 92 valence electrons. The topological polar surface area (TPSA) is 24.5 Å². The standard InChI is InChI=1S/C13H24N2O/c1-2-11-10-16-9-8-15(13(11)3-1)12-4-6-14-7-5-12/h11-14H,1-10H2/t11-,13+/m0/s1. The first-order valence-electron chi connectivity index (χ1n) is 6.99. The highest BCUT2D eigenvalue weighted by atomic mass is 16.5. The summed E-state index contributed by atoms with van der Waals surface area (Å²) in [5, 5.41) is 3.47. The zero-order valence-corrected chi connectivity index (χ0v) is 10.2. The van der Waals surface area contributed by atoms with Crippen LogP contribution in [0, 0.1) is 5.92 Å². The summed E-state index contributed by atoms with van der Waals surface area (Å²) in [5.41, 5.74) is 0. The second kappa shape index (κ2) is 5.03. The Bertz CT molecular complexity index is 228. The van der Waals surface area contributed by atoms with Gasteiger partial charge in [0, 0.05) is 18.6 Å². The van der Waals surface area contributed by atoms with Crippen LogP contribution in [0.3, 0.4) is 0 Å². The molecule has 1 saturated carbocycles. The van der Waals surface area contributed by atoms with E-state index in [0.717, 1.165) is 31.2 Å². The Morgan fingerprint density at radius 2 is 1.94 bits per heavy atom. The largest absolute Gasteiger partial charge is 0.380 e. The molecular formula is C13H24N2O. The molecule has 3 aliphatic rings. The van der Waals surface area contributed by atoms with Crippen molar-refractivity contribution < 1.29 is 4.74 Å². The van der Waals surface area contributed by atoms with E-state index in [9.17, 15) is 0 Å². The van der Waals surface area contributed by atoms with Crippen molar-refractivity contribution in [1.82, 2.24) is 10.2 Å². The normalized spacial score (nSPS) is 38.2. The molecule has 0 aromatic carbocycles.